The Morgan fingerprint density at radius 2 is 2.05 bits per heavy atom. The van der Waals surface area contributed by atoms with Crippen LogP contribution in [0.5, 0.6) is 0 Å². The first-order valence-electron chi connectivity index (χ1n) is 6.13. The molecular weight excluding hydrogens is 251 g/mol. The summed E-state index contributed by atoms with van der Waals surface area (Å²) in [5.41, 5.74) is 0.786. The standard InChI is InChI=1S/C13H15FN2O3/c1-2-11(9-3-5-10(14)6-4-9)19-16-8-7-12(17)15-13(16)18/h3-6,11H,2,7-8H2,1H3,(H,15,17,18). The minimum Gasteiger partial charge on any atom is -0.276 e. The molecule has 2 rings (SSSR count). The van der Waals surface area contributed by atoms with Gasteiger partial charge in [0.2, 0.25) is 5.91 Å². The molecule has 102 valence electrons. The lowest BCUT2D eigenvalue weighted by Gasteiger charge is -2.29. The maximum atomic E-state index is 12.9. The first-order chi connectivity index (χ1) is 9.10. The zero-order chi connectivity index (χ0) is 13.8. The summed E-state index contributed by atoms with van der Waals surface area (Å²) in [5.74, 6) is -0.625. The Morgan fingerprint density at radius 3 is 2.63 bits per heavy atom. The maximum absolute atomic E-state index is 12.9. The third-order valence-corrected chi connectivity index (χ3v) is 2.88. The first-order valence-corrected chi connectivity index (χ1v) is 6.13. The zero-order valence-corrected chi connectivity index (χ0v) is 10.6. The largest absolute Gasteiger partial charge is 0.347 e. The molecule has 0 radical (unpaired) electrons. The van der Waals surface area contributed by atoms with Crippen molar-refractivity contribution in [1.29, 1.82) is 0 Å². The lowest BCUT2D eigenvalue weighted by Crippen LogP contribution is -2.49. The Morgan fingerprint density at radius 1 is 1.37 bits per heavy atom. The Kier molecular flexibility index (Phi) is 4.11. The number of halogens is 1. The van der Waals surface area contributed by atoms with Crippen LogP contribution < -0.4 is 5.32 Å². The quantitative estimate of drug-likeness (QED) is 0.908. The Hall–Kier alpha value is -1.95. The van der Waals surface area contributed by atoms with E-state index in [9.17, 15) is 14.0 Å². The average molecular weight is 266 g/mol. The van der Waals surface area contributed by atoms with Crippen molar-refractivity contribution < 1.29 is 18.8 Å². The zero-order valence-electron chi connectivity index (χ0n) is 10.6. The van der Waals surface area contributed by atoms with Crippen molar-refractivity contribution in [3.05, 3.63) is 35.6 Å². The molecule has 1 N–H and O–H groups in total. The average Bonchev–Trinajstić information content (AvgIpc) is 2.39. The second-order valence-corrected chi connectivity index (χ2v) is 4.26. The fraction of sp³-hybridized carbons (Fsp3) is 0.385. The van der Waals surface area contributed by atoms with Crippen molar-refractivity contribution in [2.45, 2.75) is 25.9 Å². The van der Waals surface area contributed by atoms with Crippen LogP contribution in [0.4, 0.5) is 9.18 Å². The van der Waals surface area contributed by atoms with E-state index >= 15 is 0 Å². The van der Waals surface area contributed by atoms with E-state index in [1.165, 1.54) is 12.1 Å². The van der Waals surface area contributed by atoms with E-state index in [2.05, 4.69) is 5.32 Å². The number of benzene rings is 1. The number of nitrogens with one attached hydrogen (secondary N) is 1. The monoisotopic (exact) mass is 266 g/mol. The minimum atomic E-state index is -0.559. The number of hydroxylamine groups is 2. The van der Waals surface area contributed by atoms with Crippen molar-refractivity contribution in [1.82, 2.24) is 10.4 Å². The number of imide groups is 1. The predicted molar refractivity (Wildman–Crippen MR) is 65.4 cm³/mol. The van der Waals surface area contributed by atoms with E-state index in [0.29, 0.717) is 6.42 Å². The highest BCUT2D eigenvalue weighted by molar-refractivity contribution is 5.96. The second kappa shape index (κ2) is 5.79. The summed E-state index contributed by atoms with van der Waals surface area (Å²) in [7, 11) is 0. The summed E-state index contributed by atoms with van der Waals surface area (Å²) in [5, 5.41) is 3.32. The van der Waals surface area contributed by atoms with Gasteiger partial charge in [-0.25, -0.2) is 14.2 Å². The van der Waals surface area contributed by atoms with Crippen molar-refractivity contribution in [2.24, 2.45) is 0 Å². The van der Waals surface area contributed by atoms with Gasteiger partial charge in [0.25, 0.3) is 0 Å². The number of amides is 3. The highest BCUT2D eigenvalue weighted by Gasteiger charge is 2.26. The maximum Gasteiger partial charge on any atom is 0.347 e. The molecule has 0 spiro atoms. The SMILES string of the molecule is CCC(ON1CCC(=O)NC1=O)c1ccc(F)cc1. The molecule has 1 atom stereocenters. The van der Waals surface area contributed by atoms with Gasteiger partial charge in [-0.05, 0) is 24.1 Å². The van der Waals surface area contributed by atoms with E-state index in [0.717, 1.165) is 10.6 Å². The summed E-state index contributed by atoms with van der Waals surface area (Å²) < 4.78 is 12.9. The van der Waals surface area contributed by atoms with E-state index in [1.54, 1.807) is 12.1 Å². The number of carbonyl (C=O) groups is 2. The molecule has 0 bridgehead atoms. The molecule has 1 aliphatic heterocycles. The second-order valence-electron chi connectivity index (χ2n) is 4.26. The number of urea groups is 1. The molecule has 1 saturated heterocycles. The third kappa shape index (κ3) is 3.29. The van der Waals surface area contributed by atoms with Gasteiger partial charge in [0.1, 0.15) is 11.9 Å². The Bertz CT molecular complexity index is 475. The molecule has 0 saturated carbocycles. The summed E-state index contributed by atoms with van der Waals surface area (Å²) in [6.45, 7) is 2.13. The van der Waals surface area contributed by atoms with Gasteiger partial charge in [0.05, 0.1) is 6.54 Å². The van der Waals surface area contributed by atoms with Gasteiger partial charge in [0, 0.05) is 6.42 Å². The molecule has 3 amide bonds. The van der Waals surface area contributed by atoms with Crippen LogP contribution in [0.1, 0.15) is 31.4 Å². The fourth-order valence-electron chi connectivity index (χ4n) is 1.85. The van der Waals surface area contributed by atoms with Crippen LogP contribution in [0, 0.1) is 5.82 Å². The van der Waals surface area contributed by atoms with Crippen LogP contribution in [-0.2, 0) is 9.63 Å². The summed E-state index contributed by atoms with van der Waals surface area (Å²) in [4.78, 5) is 28.2. The van der Waals surface area contributed by atoms with E-state index in [1.807, 2.05) is 6.92 Å². The lowest BCUT2D eigenvalue weighted by molar-refractivity contribution is -0.172. The summed E-state index contributed by atoms with van der Waals surface area (Å²) >= 11 is 0. The van der Waals surface area contributed by atoms with Crippen molar-refractivity contribution in [3.8, 4) is 0 Å². The minimum absolute atomic E-state index is 0.214. The topological polar surface area (TPSA) is 58.6 Å². The number of hydrogen-bond donors (Lipinski definition) is 1. The van der Waals surface area contributed by atoms with E-state index < -0.39 is 6.03 Å². The van der Waals surface area contributed by atoms with Crippen LogP contribution in [0.3, 0.4) is 0 Å². The first kappa shape index (κ1) is 13.5. The number of hydrogen-bond acceptors (Lipinski definition) is 3. The number of nitrogens with zero attached hydrogens (tertiary/aromatic N) is 1. The Balaban J connectivity index is 2.05. The molecule has 0 aliphatic carbocycles. The molecule has 1 fully saturated rings. The highest BCUT2D eigenvalue weighted by atomic mass is 19.1. The molecule has 1 aromatic rings. The van der Waals surface area contributed by atoms with Crippen LogP contribution in [0.2, 0.25) is 0 Å². The highest BCUT2D eigenvalue weighted by Crippen LogP contribution is 2.23. The van der Waals surface area contributed by atoms with Crippen LogP contribution >= 0.6 is 0 Å². The van der Waals surface area contributed by atoms with Gasteiger partial charge < -0.3 is 0 Å². The molecule has 5 nitrogen and oxygen atoms in total. The van der Waals surface area contributed by atoms with Gasteiger partial charge in [-0.15, -0.1) is 0 Å². The molecule has 1 aromatic carbocycles. The van der Waals surface area contributed by atoms with Gasteiger partial charge in [0.15, 0.2) is 0 Å². The van der Waals surface area contributed by atoms with E-state index in [-0.39, 0.29) is 30.8 Å². The van der Waals surface area contributed by atoms with Crippen LogP contribution in [0.15, 0.2) is 24.3 Å². The number of carbonyl (C=O) groups excluding carboxylic acids is 2. The summed E-state index contributed by atoms with van der Waals surface area (Å²) in [6.07, 6.45) is 0.495. The van der Waals surface area contributed by atoms with Crippen LogP contribution in [0.25, 0.3) is 0 Å². The molecule has 1 aliphatic rings. The third-order valence-electron chi connectivity index (χ3n) is 2.88. The van der Waals surface area contributed by atoms with Gasteiger partial charge in [-0.1, -0.05) is 19.1 Å². The lowest BCUT2D eigenvalue weighted by atomic mass is 10.1. The molecule has 0 aromatic heterocycles. The molecule has 1 heterocycles. The smallest absolute Gasteiger partial charge is 0.276 e. The molecular formula is C13H15FN2O3. The van der Waals surface area contributed by atoms with Crippen molar-refractivity contribution in [3.63, 3.8) is 0 Å². The predicted octanol–water partition coefficient (Wildman–Crippen LogP) is 2.15. The van der Waals surface area contributed by atoms with Gasteiger partial charge in [-0.2, -0.15) is 0 Å². The molecule has 19 heavy (non-hydrogen) atoms. The van der Waals surface area contributed by atoms with E-state index in [4.69, 9.17) is 4.84 Å². The van der Waals surface area contributed by atoms with Crippen molar-refractivity contribution >= 4 is 11.9 Å². The van der Waals surface area contributed by atoms with Gasteiger partial charge >= 0.3 is 6.03 Å². The fourth-order valence-corrected chi connectivity index (χ4v) is 1.85. The van der Waals surface area contributed by atoms with Crippen molar-refractivity contribution in [2.75, 3.05) is 6.54 Å². The van der Waals surface area contributed by atoms with Crippen LogP contribution in [-0.4, -0.2) is 23.5 Å². The Labute approximate surface area is 110 Å². The molecule has 6 heteroatoms. The number of rotatable bonds is 4. The van der Waals surface area contributed by atoms with Gasteiger partial charge in [-0.3, -0.25) is 14.9 Å². The normalized spacial score (nSPS) is 17.3. The summed E-state index contributed by atoms with van der Waals surface area (Å²) in [6, 6.07) is 5.38. The molecule has 1 unspecified atom stereocenters.